The van der Waals surface area contributed by atoms with Crippen molar-refractivity contribution in [3.8, 4) is 0 Å². The molecule has 2 aliphatic rings. The van der Waals surface area contributed by atoms with Crippen molar-refractivity contribution >= 4 is 28.8 Å². The van der Waals surface area contributed by atoms with Crippen LogP contribution in [0, 0.1) is 0 Å². The van der Waals surface area contributed by atoms with E-state index in [0.717, 1.165) is 55.9 Å². The molecule has 2 saturated heterocycles. The van der Waals surface area contributed by atoms with Crippen LogP contribution in [0.5, 0.6) is 0 Å². The molecule has 1 aromatic carbocycles. The zero-order valence-electron chi connectivity index (χ0n) is 16.4. The van der Waals surface area contributed by atoms with Crippen LogP contribution in [-0.2, 0) is 4.74 Å². The normalized spacial score (nSPS) is 19.9. The van der Waals surface area contributed by atoms with Crippen LogP contribution in [0.4, 0.5) is 5.69 Å². The van der Waals surface area contributed by atoms with E-state index < -0.39 is 0 Å². The molecule has 7 heteroatoms. The summed E-state index contributed by atoms with van der Waals surface area (Å²) in [5.41, 5.74) is 1.66. The summed E-state index contributed by atoms with van der Waals surface area (Å²) >= 11 is 1.46. The summed E-state index contributed by atoms with van der Waals surface area (Å²) < 4.78 is 5.60. The van der Waals surface area contributed by atoms with Crippen LogP contribution in [-0.4, -0.2) is 50.2 Å². The van der Waals surface area contributed by atoms with Gasteiger partial charge in [-0.3, -0.25) is 9.59 Å². The fraction of sp³-hybridized carbons (Fsp3) is 0.455. The number of ether oxygens (including phenoxy) is 1. The number of carbonyl (C=O) groups excluding carboxylic acids is 2. The van der Waals surface area contributed by atoms with E-state index >= 15 is 0 Å². The van der Waals surface area contributed by atoms with E-state index in [2.05, 4.69) is 15.5 Å². The maximum Gasteiger partial charge on any atom is 0.261 e. The van der Waals surface area contributed by atoms with Crippen LogP contribution >= 0.6 is 11.3 Å². The Labute approximate surface area is 175 Å². The van der Waals surface area contributed by atoms with Crippen LogP contribution in [0.3, 0.4) is 0 Å². The third kappa shape index (κ3) is 4.97. The van der Waals surface area contributed by atoms with Gasteiger partial charge in [0, 0.05) is 38.0 Å². The van der Waals surface area contributed by atoms with Crippen molar-refractivity contribution < 1.29 is 14.3 Å². The highest BCUT2D eigenvalue weighted by molar-refractivity contribution is 7.12. The molecule has 0 saturated carbocycles. The quantitative estimate of drug-likeness (QED) is 0.764. The second-order valence-corrected chi connectivity index (χ2v) is 8.52. The van der Waals surface area contributed by atoms with E-state index in [1.54, 1.807) is 0 Å². The molecule has 2 N–H and O–H groups in total. The van der Waals surface area contributed by atoms with Gasteiger partial charge in [0.2, 0.25) is 0 Å². The van der Waals surface area contributed by atoms with E-state index in [9.17, 15) is 9.59 Å². The number of carbonyl (C=O) groups is 2. The number of rotatable bonds is 6. The molecule has 0 bridgehead atoms. The number of benzene rings is 1. The van der Waals surface area contributed by atoms with Gasteiger partial charge in [-0.15, -0.1) is 11.3 Å². The van der Waals surface area contributed by atoms with Crippen LogP contribution in [0.1, 0.15) is 45.7 Å². The van der Waals surface area contributed by atoms with Gasteiger partial charge >= 0.3 is 0 Å². The SMILES string of the molecule is O=C(NC1CCN(c2ccccc2C(=O)NCC2CCCO2)CC1)c1cccs1. The highest BCUT2D eigenvalue weighted by Crippen LogP contribution is 2.25. The molecule has 0 radical (unpaired) electrons. The van der Waals surface area contributed by atoms with Crippen molar-refractivity contribution in [3.05, 3.63) is 52.2 Å². The predicted octanol–water partition coefficient (Wildman–Crippen LogP) is 3.06. The van der Waals surface area contributed by atoms with Gasteiger partial charge in [-0.2, -0.15) is 0 Å². The van der Waals surface area contributed by atoms with E-state index in [4.69, 9.17) is 4.74 Å². The Balaban J connectivity index is 1.33. The minimum Gasteiger partial charge on any atom is -0.376 e. The molecule has 154 valence electrons. The lowest BCUT2D eigenvalue weighted by molar-refractivity contribution is 0.0858. The maximum absolute atomic E-state index is 12.8. The van der Waals surface area contributed by atoms with Crippen molar-refractivity contribution in [2.75, 3.05) is 31.1 Å². The molecule has 4 rings (SSSR count). The van der Waals surface area contributed by atoms with Gasteiger partial charge in [-0.25, -0.2) is 0 Å². The predicted molar refractivity (Wildman–Crippen MR) is 115 cm³/mol. The highest BCUT2D eigenvalue weighted by Gasteiger charge is 2.25. The Morgan fingerprint density at radius 1 is 1.07 bits per heavy atom. The van der Waals surface area contributed by atoms with E-state index in [0.29, 0.717) is 12.1 Å². The van der Waals surface area contributed by atoms with Gasteiger partial charge in [-0.05, 0) is 49.3 Å². The minimum atomic E-state index is -0.0516. The molecule has 2 amide bonds. The first kappa shape index (κ1) is 19.9. The summed E-state index contributed by atoms with van der Waals surface area (Å²) in [7, 11) is 0. The average Bonchev–Trinajstić information content (AvgIpc) is 3.47. The van der Waals surface area contributed by atoms with Gasteiger partial charge in [0.05, 0.1) is 16.5 Å². The Morgan fingerprint density at radius 3 is 2.62 bits per heavy atom. The number of amides is 2. The number of para-hydroxylation sites is 1. The molecule has 2 aliphatic heterocycles. The van der Waals surface area contributed by atoms with Crippen molar-refractivity contribution in [1.82, 2.24) is 10.6 Å². The Hall–Kier alpha value is -2.38. The molecule has 1 unspecified atom stereocenters. The molecular weight excluding hydrogens is 386 g/mol. The molecule has 1 atom stereocenters. The number of anilines is 1. The zero-order chi connectivity index (χ0) is 20.1. The topological polar surface area (TPSA) is 70.7 Å². The fourth-order valence-electron chi connectivity index (χ4n) is 3.98. The van der Waals surface area contributed by atoms with Gasteiger partial charge in [0.1, 0.15) is 0 Å². The standard InChI is InChI=1S/C22H27N3O3S/c26-21(23-15-17-5-3-13-28-17)18-6-1-2-7-19(18)25-11-9-16(10-12-25)24-22(27)20-8-4-14-29-20/h1-2,4,6-8,14,16-17H,3,5,9-13,15H2,(H,23,26)(H,24,27). The van der Waals surface area contributed by atoms with Gasteiger partial charge in [-0.1, -0.05) is 18.2 Å². The van der Waals surface area contributed by atoms with Gasteiger partial charge in [0.25, 0.3) is 11.8 Å². The van der Waals surface area contributed by atoms with Crippen molar-refractivity contribution in [3.63, 3.8) is 0 Å². The van der Waals surface area contributed by atoms with Crippen LogP contribution in [0.15, 0.2) is 41.8 Å². The molecule has 2 aromatic rings. The number of nitrogens with one attached hydrogen (secondary N) is 2. The molecule has 29 heavy (non-hydrogen) atoms. The molecule has 0 spiro atoms. The molecule has 0 aliphatic carbocycles. The summed E-state index contributed by atoms with van der Waals surface area (Å²) in [6.45, 7) is 2.97. The average molecular weight is 414 g/mol. The monoisotopic (exact) mass is 413 g/mol. The van der Waals surface area contributed by atoms with Gasteiger partial charge < -0.3 is 20.3 Å². The Kier molecular flexibility index (Phi) is 6.46. The summed E-state index contributed by atoms with van der Waals surface area (Å²) in [6.07, 6.45) is 3.93. The van der Waals surface area contributed by atoms with Crippen molar-refractivity contribution in [2.24, 2.45) is 0 Å². The smallest absolute Gasteiger partial charge is 0.261 e. The maximum atomic E-state index is 12.8. The number of hydrogen-bond donors (Lipinski definition) is 2. The lowest BCUT2D eigenvalue weighted by Crippen LogP contribution is -2.45. The van der Waals surface area contributed by atoms with Crippen molar-refractivity contribution in [2.45, 2.75) is 37.8 Å². The molecule has 2 fully saturated rings. The summed E-state index contributed by atoms with van der Waals surface area (Å²) in [4.78, 5) is 28.0. The number of nitrogens with zero attached hydrogens (tertiary/aromatic N) is 1. The molecule has 6 nitrogen and oxygen atoms in total. The molecular formula is C22H27N3O3S. The third-order valence-corrected chi connectivity index (χ3v) is 6.45. The second kappa shape index (κ2) is 9.41. The summed E-state index contributed by atoms with van der Waals surface area (Å²) in [5, 5.41) is 8.07. The van der Waals surface area contributed by atoms with Crippen LogP contribution < -0.4 is 15.5 Å². The lowest BCUT2D eigenvalue weighted by Gasteiger charge is -2.34. The number of thiophene rings is 1. The highest BCUT2D eigenvalue weighted by atomic mass is 32.1. The third-order valence-electron chi connectivity index (χ3n) is 5.58. The number of piperidine rings is 1. The van der Waals surface area contributed by atoms with E-state index in [1.807, 2.05) is 41.8 Å². The van der Waals surface area contributed by atoms with Crippen LogP contribution in [0.25, 0.3) is 0 Å². The molecule has 3 heterocycles. The van der Waals surface area contributed by atoms with Gasteiger partial charge in [0.15, 0.2) is 0 Å². The van der Waals surface area contributed by atoms with Crippen LogP contribution in [0.2, 0.25) is 0 Å². The first-order valence-electron chi connectivity index (χ1n) is 10.3. The second-order valence-electron chi connectivity index (χ2n) is 7.57. The Bertz CT molecular complexity index is 826. The first-order chi connectivity index (χ1) is 14.2. The zero-order valence-corrected chi connectivity index (χ0v) is 17.2. The van der Waals surface area contributed by atoms with Crippen molar-refractivity contribution in [1.29, 1.82) is 0 Å². The van der Waals surface area contributed by atoms with E-state index in [1.165, 1.54) is 11.3 Å². The largest absolute Gasteiger partial charge is 0.376 e. The lowest BCUT2D eigenvalue weighted by atomic mass is 10.0. The molecule has 1 aromatic heterocycles. The summed E-state index contributed by atoms with van der Waals surface area (Å²) in [6, 6.07) is 11.7. The fourth-order valence-corrected chi connectivity index (χ4v) is 4.60. The Morgan fingerprint density at radius 2 is 1.90 bits per heavy atom. The first-order valence-corrected chi connectivity index (χ1v) is 11.2. The minimum absolute atomic E-state index is 0.00681. The number of hydrogen-bond acceptors (Lipinski definition) is 5. The summed E-state index contributed by atoms with van der Waals surface area (Å²) in [5.74, 6) is -0.0448. The van der Waals surface area contributed by atoms with E-state index in [-0.39, 0.29) is 24.0 Å².